The number of aromatic carboxylic acids is 1. The molecule has 7 heteroatoms. The van der Waals surface area contributed by atoms with Crippen LogP contribution in [-0.4, -0.2) is 22.1 Å². The van der Waals surface area contributed by atoms with Gasteiger partial charge >= 0.3 is 5.97 Å². The van der Waals surface area contributed by atoms with Crippen LogP contribution in [0, 0.1) is 0 Å². The highest BCUT2D eigenvalue weighted by Gasteiger charge is 2.12. The number of rotatable bonds is 6. The first-order valence-electron chi connectivity index (χ1n) is 6.57. The van der Waals surface area contributed by atoms with Crippen molar-refractivity contribution in [1.82, 2.24) is 5.32 Å². The van der Waals surface area contributed by atoms with Gasteiger partial charge in [-0.1, -0.05) is 31.4 Å². The molecular formula is C14H17ClN2O3S. The number of benzene rings is 1. The average Bonchev–Trinajstić information content (AvgIpc) is 2.40. The third kappa shape index (κ3) is 6.10. The molecule has 0 aliphatic heterocycles. The van der Waals surface area contributed by atoms with Crippen molar-refractivity contribution >= 4 is 46.5 Å². The highest BCUT2D eigenvalue weighted by molar-refractivity contribution is 7.80. The Balaban J connectivity index is 2.63. The minimum atomic E-state index is -1.13. The van der Waals surface area contributed by atoms with Gasteiger partial charge in [0, 0.05) is 11.4 Å². The standard InChI is InChI=1S/C14H17ClN2O3S/c1-2-3-4-5-12(18)17-14(21)16-11-7-6-9(15)8-10(11)13(19)20/h6-8H,2-5H2,1H3,(H,19,20)(H2,16,17,18,21). The second-order valence-corrected chi connectivity index (χ2v) is 5.30. The van der Waals surface area contributed by atoms with E-state index in [1.165, 1.54) is 12.1 Å². The third-order valence-electron chi connectivity index (χ3n) is 2.72. The van der Waals surface area contributed by atoms with Gasteiger partial charge in [0.2, 0.25) is 5.91 Å². The van der Waals surface area contributed by atoms with Gasteiger partial charge in [-0.05, 0) is 36.8 Å². The Bertz CT molecular complexity index is 549. The quantitative estimate of drug-likeness (QED) is 0.551. The minimum absolute atomic E-state index is 0.00918. The summed E-state index contributed by atoms with van der Waals surface area (Å²) in [5.74, 6) is -1.32. The number of hydrogen-bond acceptors (Lipinski definition) is 3. The maximum absolute atomic E-state index is 11.6. The van der Waals surface area contributed by atoms with Crippen molar-refractivity contribution < 1.29 is 14.7 Å². The predicted octanol–water partition coefficient (Wildman–Crippen LogP) is 3.43. The molecule has 21 heavy (non-hydrogen) atoms. The zero-order valence-corrected chi connectivity index (χ0v) is 13.2. The summed E-state index contributed by atoms with van der Waals surface area (Å²) < 4.78 is 0. The molecule has 0 aliphatic rings. The molecule has 0 radical (unpaired) electrons. The summed E-state index contributed by atoms with van der Waals surface area (Å²) in [5.41, 5.74) is 0.274. The molecule has 0 saturated heterocycles. The van der Waals surface area contributed by atoms with Gasteiger partial charge < -0.3 is 15.7 Å². The fourth-order valence-electron chi connectivity index (χ4n) is 1.68. The average molecular weight is 329 g/mol. The van der Waals surface area contributed by atoms with Crippen molar-refractivity contribution in [1.29, 1.82) is 0 Å². The first-order chi connectivity index (χ1) is 9.93. The fraction of sp³-hybridized carbons (Fsp3) is 0.357. The Morgan fingerprint density at radius 2 is 2.05 bits per heavy atom. The summed E-state index contributed by atoms with van der Waals surface area (Å²) in [6, 6.07) is 4.36. The summed E-state index contributed by atoms with van der Waals surface area (Å²) >= 11 is 10.8. The van der Waals surface area contributed by atoms with E-state index in [4.69, 9.17) is 28.9 Å². The number of carboxylic acid groups (broad SMARTS) is 1. The molecule has 3 N–H and O–H groups in total. The summed E-state index contributed by atoms with van der Waals surface area (Å²) in [4.78, 5) is 22.7. The van der Waals surface area contributed by atoms with Crippen molar-refractivity contribution in [2.24, 2.45) is 0 Å². The number of thiocarbonyl (C=S) groups is 1. The maximum atomic E-state index is 11.6. The van der Waals surface area contributed by atoms with Crippen LogP contribution >= 0.6 is 23.8 Å². The number of unbranched alkanes of at least 4 members (excludes halogenated alkanes) is 2. The number of amides is 1. The number of nitrogens with one attached hydrogen (secondary N) is 2. The fourth-order valence-corrected chi connectivity index (χ4v) is 2.08. The van der Waals surface area contributed by atoms with E-state index in [9.17, 15) is 9.59 Å². The lowest BCUT2D eigenvalue weighted by Crippen LogP contribution is -2.34. The van der Waals surface area contributed by atoms with Crippen molar-refractivity contribution in [3.8, 4) is 0 Å². The first kappa shape index (κ1) is 17.4. The van der Waals surface area contributed by atoms with Crippen LogP contribution in [0.3, 0.4) is 0 Å². The Morgan fingerprint density at radius 1 is 1.33 bits per heavy atom. The normalized spacial score (nSPS) is 10.0. The van der Waals surface area contributed by atoms with Crippen LogP contribution in [-0.2, 0) is 4.79 Å². The lowest BCUT2D eigenvalue weighted by molar-refractivity contribution is -0.119. The second-order valence-electron chi connectivity index (χ2n) is 4.45. The summed E-state index contributed by atoms with van der Waals surface area (Å²) in [5, 5.41) is 14.7. The molecule has 0 saturated carbocycles. The smallest absolute Gasteiger partial charge is 0.337 e. The van der Waals surface area contributed by atoms with Gasteiger partial charge in [0.15, 0.2) is 5.11 Å². The van der Waals surface area contributed by atoms with Gasteiger partial charge in [0.1, 0.15) is 0 Å². The van der Waals surface area contributed by atoms with Crippen LogP contribution in [0.4, 0.5) is 5.69 Å². The molecule has 1 amide bonds. The number of carbonyl (C=O) groups is 2. The molecule has 0 atom stereocenters. The van der Waals surface area contributed by atoms with E-state index in [2.05, 4.69) is 17.6 Å². The molecule has 0 bridgehead atoms. The third-order valence-corrected chi connectivity index (χ3v) is 3.16. The molecule has 0 fully saturated rings. The zero-order chi connectivity index (χ0) is 15.8. The van der Waals surface area contributed by atoms with E-state index in [1.54, 1.807) is 6.07 Å². The molecule has 0 spiro atoms. The minimum Gasteiger partial charge on any atom is -0.478 e. The number of carbonyl (C=O) groups excluding carboxylic acids is 1. The van der Waals surface area contributed by atoms with Crippen molar-refractivity contribution in [3.63, 3.8) is 0 Å². The van der Waals surface area contributed by atoms with Gasteiger partial charge in [-0.2, -0.15) is 0 Å². The van der Waals surface area contributed by atoms with Gasteiger partial charge in [-0.3, -0.25) is 4.79 Å². The van der Waals surface area contributed by atoms with Gasteiger partial charge in [0.25, 0.3) is 0 Å². The largest absolute Gasteiger partial charge is 0.478 e. The molecule has 0 heterocycles. The summed E-state index contributed by atoms with van der Waals surface area (Å²) in [7, 11) is 0. The van der Waals surface area contributed by atoms with E-state index in [0.717, 1.165) is 19.3 Å². The molecule has 114 valence electrons. The highest BCUT2D eigenvalue weighted by Crippen LogP contribution is 2.20. The van der Waals surface area contributed by atoms with Crippen LogP contribution < -0.4 is 10.6 Å². The molecule has 0 aliphatic carbocycles. The topological polar surface area (TPSA) is 78.4 Å². The lowest BCUT2D eigenvalue weighted by Gasteiger charge is -2.12. The van der Waals surface area contributed by atoms with Gasteiger partial charge in [-0.15, -0.1) is 0 Å². The van der Waals surface area contributed by atoms with E-state index >= 15 is 0 Å². The number of halogens is 1. The van der Waals surface area contributed by atoms with Crippen LogP contribution in [0.2, 0.25) is 5.02 Å². The van der Waals surface area contributed by atoms with Crippen LogP contribution in [0.1, 0.15) is 43.0 Å². The molecule has 0 aromatic heterocycles. The van der Waals surface area contributed by atoms with Crippen LogP contribution in [0.15, 0.2) is 18.2 Å². The van der Waals surface area contributed by atoms with E-state index < -0.39 is 5.97 Å². The van der Waals surface area contributed by atoms with Gasteiger partial charge in [-0.25, -0.2) is 4.79 Å². The summed E-state index contributed by atoms with van der Waals surface area (Å²) in [6.45, 7) is 2.05. The zero-order valence-electron chi connectivity index (χ0n) is 11.6. The van der Waals surface area contributed by atoms with Crippen LogP contribution in [0.5, 0.6) is 0 Å². The first-order valence-corrected chi connectivity index (χ1v) is 7.36. The Kier molecular flexibility index (Phi) is 7.11. The second kappa shape index (κ2) is 8.59. The number of anilines is 1. The SMILES string of the molecule is CCCCCC(=O)NC(=S)Nc1ccc(Cl)cc1C(=O)O. The molecule has 1 rings (SSSR count). The molecule has 1 aromatic carbocycles. The molecule has 0 unspecified atom stereocenters. The highest BCUT2D eigenvalue weighted by atomic mass is 35.5. The van der Waals surface area contributed by atoms with Crippen molar-refractivity contribution in [3.05, 3.63) is 28.8 Å². The van der Waals surface area contributed by atoms with Crippen LogP contribution in [0.25, 0.3) is 0 Å². The number of carboxylic acids is 1. The van der Waals surface area contributed by atoms with Crippen molar-refractivity contribution in [2.45, 2.75) is 32.6 Å². The molecular weight excluding hydrogens is 312 g/mol. The van der Waals surface area contributed by atoms with E-state index in [0.29, 0.717) is 11.4 Å². The molecule has 1 aromatic rings. The van der Waals surface area contributed by atoms with Gasteiger partial charge in [0.05, 0.1) is 11.3 Å². The Labute approximate surface area is 133 Å². The van der Waals surface area contributed by atoms with Crippen molar-refractivity contribution in [2.75, 3.05) is 5.32 Å². The Hall–Kier alpha value is -1.66. The predicted molar refractivity (Wildman–Crippen MR) is 86.9 cm³/mol. The number of hydrogen-bond donors (Lipinski definition) is 3. The van der Waals surface area contributed by atoms with E-state index in [1.807, 2.05) is 0 Å². The van der Waals surface area contributed by atoms with E-state index in [-0.39, 0.29) is 22.3 Å². The monoisotopic (exact) mass is 328 g/mol. The summed E-state index contributed by atoms with van der Waals surface area (Å²) in [6.07, 6.45) is 3.20. The maximum Gasteiger partial charge on any atom is 0.337 e. The molecule has 5 nitrogen and oxygen atoms in total. The Morgan fingerprint density at radius 3 is 2.67 bits per heavy atom. The lowest BCUT2D eigenvalue weighted by atomic mass is 10.2.